The number of aliphatic carboxylic acids is 1. The second-order valence-electron chi connectivity index (χ2n) is 12.0. The van der Waals surface area contributed by atoms with Gasteiger partial charge in [0.25, 0.3) is 0 Å². The molecular weight excluding hydrogens is 502 g/mol. The van der Waals surface area contributed by atoms with Gasteiger partial charge in [0.2, 0.25) is 5.91 Å². The maximum absolute atomic E-state index is 12.9. The van der Waals surface area contributed by atoms with Crippen LogP contribution < -0.4 is 5.73 Å². The van der Waals surface area contributed by atoms with Crippen LogP contribution in [0.5, 0.6) is 0 Å². The van der Waals surface area contributed by atoms with Crippen LogP contribution in [0.4, 0.5) is 0 Å². The topological polar surface area (TPSA) is 107 Å². The lowest BCUT2D eigenvalue weighted by Crippen LogP contribution is -2.54. The van der Waals surface area contributed by atoms with Crippen molar-refractivity contribution in [2.75, 3.05) is 0 Å². The molecule has 6 nitrogen and oxygen atoms in total. The van der Waals surface area contributed by atoms with Gasteiger partial charge in [0.05, 0.1) is 5.92 Å². The highest BCUT2D eigenvalue weighted by atomic mass is 16.6. The summed E-state index contributed by atoms with van der Waals surface area (Å²) in [5.41, 5.74) is 4.91. The molecule has 0 aliphatic carbocycles. The molecule has 1 aliphatic heterocycles. The quantitative estimate of drug-likeness (QED) is 0.0760. The number of carbonyl (C=O) groups is 3. The van der Waals surface area contributed by atoms with Gasteiger partial charge in [0, 0.05) is 0 Å². The van der Waals surface area contributed by atoms with E-state index in [0.29, 0.717) is 19.3 Å². The zero-order valence-corrected chi connectivity index (χ0v) is 25.2. The summed E-state index contributed by atoms with van der Waals surface area (Å²) in [6.07, 6.45) is 20.1. The minimum Gasteiger partial charge on any atom is -0.480 e. The van der Waals surface area contributed by atoms with Crippen molar-refractivity contribution in [1.82, 2.24) is 0 Å². The minimum absolute atomic E-state index is 0.0410. The number of unbranched alkanes of at least 4 members (excludes halogenated alkanes) is 14. The van der Waals surface area contributed by atoms with Gasteiger partial charge in [-0.2, -0.15) is 0 Å². The Hall–Kier alpha value is -2.37. The molecule has 1 aromatic rings. The summed E-state index contributed by atoms with van der Waals surface area (Å²) < 4.78 is 5.42. The molecule has 0 aromatic heterocycles. The van der Waals surface area contributed by atoms with Gasteiger partial charge in [0.15, 0.2) is 5.41 Å². The average molecular weight is 558 g/mol. The minimum atomic E-state index is -1.74. The molecule has 1 aromatic carbocycles. The lowest BCUT2D eigenvalue weighted by atomic mass is 9.65. The van der Waals surface area contributed by atoms with Gasteiger partial charge in [-0.25, -0.2) is 0 Å². The lowest BCUT2D eigenvalue weighted by Gasteiger charge is -2.41. The monoisotopic (exact) mass is 557 g/mol. The first-order chi connectivity index (χ1) is 19.4. The zero-order valence-electron chi connectivity index (χ0n) is 25.2. The summed E-state index contributed by atoms with van der Waals surface area (Å²) in [6, 6.07) is 9.22. The first-order valence-corrected chi connectivity index (χ1v) is 16.1. The predicted octanol–water partition coefficient (Wildman–Crippen LogP) is 8.00. The number of nitrogens with two attached hydrogens (primary N) is 1. The molecule has 0 spiro atoms. The summed E-state index contributed by atoms with van der Waals surface area (Å²) in [4.78, 5) is 37.6. The fourth-order valence-corrected chi connectivity index (χ4v) is 6.35. The van der Waals surface area contributed by atoms with Crippen LogP contribution in [0.25, 0.3) is 0 Å². The third kappa shape index (κ3) is 10.6. The Balaban J connectivity index is 1.84. The van der Waals surface area contributed by atoms with Gasteiger partial charge < -0.3 is 15.6 Å². The number of esters is 1. The van der Waals surface area contributed by atoms with Gasteiger partial charge in [-0.15, -0.1) is 0 Å². The molecule has 1 heterocycles. The highest BCUT2D eigenvalue weighted by Crippen LogP contribution is 2.42. The molecule has 1 fully saturated rings. The van der Waals surface area contributed by atoms with Crippen molar-refractivity contribution in [3.05, 3.63) is 35.9 Å². The highest BCUT2D eigenvalue weighted by molar-refractivity contribution is 6.02. The molecule has 3 N–H and O–H groups in total. The number of hydrogen-bond acceptors (Lipinski definition) is 4. The number of carbonyl (C=O) groups excluding carboxylic acids is 2. The summed E-state index contributed by atoms with van der Waals surface area (Å²) >= 11 is 0. The van der Waals surface area contributed by atoms with Gasteiger partial charge in [-0.1, -0.05) is 140 Å². The molecule has 1 aliphatic rings. The number of cyclic esters (lactones) is 1. The Kier molecular flexibility index (Phi) is 16.0. The normalized spacial score (nSPS) is 18.9. The third-order valence-corrected chi connectivity index (χ3v) is 8.98. The number of amides is 1. The van der Waals surface area contributed by atoms with Crippen LogP contribution in [-0.2, 0) is 25.5 Å². The molecule has 4 atom stereocenters. The molecule has 6 heteroatoms. The number of rotatable bonds is 24. The van der Waals surface area contributed by atoms with Gasteiger partial charge >= 0.3 is 11.9 Å². The number of primary amides is 1. The van der Waals surface area contributed by atoms with E-state index in [-0.39, 0.29) is 24.4 Å². The third-order valence-electron chi connectivity index (χ3n) is 8.98. The van der Waals surface area contributed by atoms with Crippen molar-refractivity contribution < 1.29 is 24.2 Å². The van der Waals surface area contributed by atoms with Crippen molar-refractivity contribution in [3.8, 4) is 0 Å². The fourth-order valence-electron chi connectivity index (χ4n) is 6.35. The molecule has 0 bridgehead atoms. The zero-order chi connectivity index (χ0) is 29.2. The number of benzene rings is 1. The van der Waals surface area contributed by atoms with Crippen LogP contribution >= 0.6 is 0 Å². The largest absolute Gasteiger partial charge is 0.480 e. The van der Waals surface area contributed by atoms with E-state index in [2.05, 4.69) is 6.92 Å². The fraction of sp³-hybridized carbons (Fsp3) is 0.735. The molecular formula is C34H55NO5. The van der Waals surface area contributed by atoms with Crippen molar-refractivity contribution in [1.29, 1.82) is 0 Å². The number of carboxylic acid groups (broad SMARTS) is 1. The van der Waals surface area contributed by atoms with Gasteiger partial charge in [-0.05, 0) is 37.2 Å². The molecule has 1 saturated heterocycles. The van der Waals surface area contributed by atoms with Crippen LogP contribution in [0.15, 0.2) is 30.3 Å². The Morgan fingerprint density at radius 3 is 1.77 bits per heavy atom. The van der Waals surface area contributed by atoms with E-state index < -0.39 is 23.2 Å². The molecule has 226 valence electrons. The van der Waals surface area contributed by atoms with E-state index in [1.807, 2.05) is 37.3 Å². The predicted molar refractivity (Wildman–Crippen MR) is 161 cm³/mol. The lowest BCUT2D eigenvalue weighted by molar-refractivity contribution is -0.189. The Labute approximate surface area is 242 Å². The van der Waals surface area contributed by atoms with E-state index in [0.717, 1.165) is 24.8 Å². The molecule has 0 saturated carbocycles. The van der Waals surface area contributed by atoms with Crippen molar-refractivity contribution >= 4 is 17.8 Å². The SMILES string of the molecule is CCCCCCCCCCCCCCCCCC(C[C@@H]1OC(=O)[C@H]1CC)[C@@](Cc1ccccc1)(C(N)=O)C(=O)O. The summed E-state index contributed by atoms with van der Waals surface area (Å²) in [6.45, 7) is 4.19. The van der Waals surface area contributed by atoms with Crippen LogP contribution in [-0.4, -0.2) is 29.1 Å². The Morgan fingerprint density at radius 1 is 0.850 bits per heavy atom. The van der Waals surface area contributed by atoms with E-state index in [1.165, 1.54) is 77.0 Å². The second-order valence-corrected chi connectivity index (χ2v) is 12.0. The van der Waals surface area contributed by atoms with Crippen molar-refractivity contribution in [2.45, 2.75) is 142 Å². The van der Waals surface area contributed by atoms with Crippen LogP contribution in [0.3, 0.4) is 0 Å². The van der Waals surface area contributed by atoms with Gasteiger partial charge in [0.1, 0.15) is 6.10 Å². The maximum Gasteiger partial charge on any atom is 0.319 e. The molecule has 2 rings (SSSR count). The van der Waals surface area contributed by atoms with E-state index in [4.69, 9.17) is 10.5 Å². The van der Waals surface area contributed by atoms with E-state index in [1.54, 1.807) is 0 Å². The molecule has 0 radical (unpaired) electrons. The molecule has 40 heavy (non-hydrogen) atoms. The molecule has 1 unspecified atom stereocenters. The average Bonchev–Trinajstić information content (AvgIpc) is 2.93. The standard InChI is InChI=1S/C34H55NO5/c1-3-5-6-7-8-9-10-11-12-13-14-15-16-17-21-24-28(25-30-29(4-2)31(36)40-30)34(32(35)37,33(38)39)26-27-22-19-18-20-23-27/h18-20,22-23,28-30H,3-17,21,24-26H2,1-2H3,(H2,35,37)(H,38,39)/t28?,29-,30-,34-/m0/s1. The van der Waals surface area contributed by atoms with E-state index in [9.17, 15) is 19.5 Å². The summed E-state index contributed by atoms with van der Waals surface area (Å²) in [5, 5.41) is 10.4. The van der Waals surface area contributed by atoms with Crippen molar-refractivity contribution in [2.24, 2.45) is 23.0 Å². The Bertz CT molecular complexity index is 856. The van der Waals surface area contributed by atoms with Gasteiger partial charge in [-0.3, -0.25) is 14.4 Å². The number of ether oxygens (including phenoxy) is 1. The van der Waals surface area contributed by atoms with Crippen molar-refractivity contribution in [3.63, 3.8) is 0 Å². The summed E-state index contributed by atoms with van der Waals surface area (Å²) in [5.74, 6) is -2.97. The number of hydrogen-bond donors (Lipinski definition) is 2. The first-order valence-electron chi connectivity index (χ1n) is 16.1. The maximum atomic E-state index is 12.9. The van der Waals surface area contributed by atoms with E-state index >= 15 is 0 Å². The van der Waals surface area contributed by atoms with Crippen LogP contribution in [0.2, 0.25) is 0 Å². The molecule has 1 amide bonds. The smallest absolute Gasteiger partial charge is 0.319 e. The van der Waals surface area contributed by atoms with Crippen LogP contribution in [0.1, 0.15) is 135 Å². The second kappa shape index (κ2) is 18.9. The Morgan fingerprint density at radius 2 is 1.35 bits per heavy atom. The summed E-state index contributed by atoms with van der Waals surface area (Å²) in [7, 11) is 0. The first kappa shape index (κ1) is 33.8. The number of carboxylic acids is 1. The van der Waals surface area contributed by atoms with Crippen LogP contribution in [0, 0.1) is 17.3 Å². The highest BCUT2D eigenvalue weighted by Gasteiger charge is 2.54.